The molecule has 0 aromatic heterocycles. The van der Waals surface area contributed by atoms with Gasteiger partial charge in [0.15, 0.2) is 6.04 Å². The normalized spacial score (nSPS) is 18.6. The van der Waals surface area contributed by atoms with Gasteiger partial charge < -0.3 is 4.74 Å². The number of rotatable bonds is 4. The van der Waals surface area contributed by atoms with Crippen LogP contribution in [0.5, 0.6) is 0 Å². The molecule has 14 heavy (non-hydrogen) atoms. The molecule has 0 heterocycles. The van der Waals surface area contributed by atoms with Gasteiger partial charge in [0.05, 0.1) is 6.61 Å². The zero-order valence-electron chi connectivity index (χ0n) is 8.36. The zero-order chi connectivity index (χ0) is 10.4. The number of ether oxygens (including phenoxy) is 1. The third-order valence-corrected chi connectivity index (χ3v) is 2.57. The average molecular weight is 197 g/mol. The summed E-state index contributed by atoms with van der Waals surface area (Å²) >= 11 is 0. The summed E-state index contributed by atoms with van der Waals surface area (Å²) in [6.45, 7) is 2.07. The van der Waals surface area contributed by atoms with Crippen LogP contribution in [-0.4, -0.2) is 24.7 Å². The summed E-state index contributed by atoms with van der Waals surface area (Å²) in [4.78, 5) is 25.2. The van der Waals surface area contributed by atoms with Crippen molar-refractivity contribution in [3.8, 4) is 0 Å². The van der Waals surface area contributed by atoms with Gasteiger partial charge in [-0.15, -0.1) is 0 Å². The molecule has 0 aromatic carbocycles. The van der Waals surface area contributed by atoms with Crippen LogP contribution in [0.15, 0.2) is 4.99 Å². The molecule has 0 amide bonds. The first-order chi connectivity index (χ1) is 6.79. The minimum Gasteiger partial charge on any atom is -0.464 e. The number of isocyanates is 1. The van der Waals surface area contributed by atoms with E-state index in [-0.39, 0.29) is 11.9 Å². The Hall–Kier alpha value is -1.15. The van der Waals surface area contributed by atoms with Crippen molar-refractivity contribution in [1.29, 1.82) is 0 Å². The summed E-state index contributed by atoms with van der Waals surface area (Å²) in [5.41, 5.74) is 0. The first-order valence-electron chi connectivity index (χ1n) is 5.03. The highest BCUT2D eigenvalue weighted by Gasteiger charge is 2.31. The number of carbonyl (C=O) groups is 1. The Morgan fingerprint density at radius 3 is 2.71 bits per heavy atom. The van der Waals surface area contributed by atoms with Gasteiger partial charge in [-0.1, -0.05) is 12.8 Å². The standard InChI is InChI=1S/C10H15NO3/c1-2-14-10(13)9(11-7-12)8-5-3-4-6-8/h8-9H,2-6H2,1H3. The van der Waals surface area contributed by atoms with Crippen molar-refractivity contribution in [2.45, 2.75) is 38.6 Å². The van der Waals surface area contributed by atoms with Gasteiger partial charge in [-0.05, 0) is 25.7 Å². The molecule has 1 unspecified atom stereocenters. The Labute approximate surface area is 83.3 Å². The van der Waals surface area contributed by atoms with Crippen LogP contribution in [0.4, 0.5) is 0 Å². The van der Waals surface area contributed by atoms with Gasteiger partial charge in [-0.3, -0.25) is 0 Å². The molecule has 0 aromatic rings. The second-order valence-electron chi connectivity index (χ2n) is 3.46. The minimum absolute atomic E-state index is 0.176. The average Bonchev–Trinajstić information content (AvgIpc) is 2.67. The first kappa shape index (κ1) is 10.9. The van der Waals surface area contributed by atoms with E-state index in [1.807, 2.05) is 0 Å². The van der Waals surface area contributed by atoms with Gasteiger partial charge in [-0.2, -0.15) is 4.99 Å². The lowest BCUT2D eigenvalue weighted by molar-refractivity contribution is -0.145. The van der Waals surface area contributed by atoms with E-state index < -0.39 is 6.04 Å². The van der Waals surface area contributed by atoms with Gasteiger partial charge in [0.1, 0.15) is 0 Å². The quantitative estimate of drug-likeness (QED) is 0.389. The monoisotopic (exact) mass is 197 g/mol. The third kappa shape index (κ3) is 2.67. The van der Waals surface area contributed by atoms with Crippen LogP contribution in [-0.2, 0) is 14.3 Å². The van der Waals surface area contributed by atoms with Crippen LogP contribution in [0, 0.1) is 5.92 Å². The number of nitrogens with zero attached hydrogens (tertiary/aromatic N) is 1. The van der Waals surface area contributed by atoms with E-state index in [0.717, 1.165) is 25.7 Å². The molecule has 0 saturated heterocycles. The van der Waals surface area contributed by atoms with Gasteiger partial charge in [0.2, 0.25) is 6.08 Å². The van der Waals surface area contributed by atoms with E-state index in [4.69, 9.17) is 4.74 Å². The number of hydrogen-bond donors (Lipinski definition) is 0. The van der Waals surface area contributed by atoms with Crippen molar-refractivity contribution in [3.63, 3.8) is 0 Å². The van der Waals surface area contributed by atoms with Crippen molar-refractivity contribution < 1.29 is 14.3 Å². The lowest BCUT2D eigenvalue weighted by Crippen LogP contribution is -2.28. The molecule has 1 atom stereocenters. The van der Waals surface area contributed by atoms with E-state index in [9.17, 15) is 9.59 Å². The minimum atomic E-state index is -0.616. The second kappa shape index (κ2) is 5.55. The van der Waals surface area contributed by atoms with Crippen LogP contribution in [0.1, 0.15) is 32.6 Å². The summed E-state index contributed by atoms with van der Waals surface area (Å²) in [7, 11) is 0. The van der Waals surface area contributed by atoms with Crippen LogP contribution >= 0.6 is 0 Å². The number of aliphatic imine (C=N–C) groups is 1. The van der Waals surface area contributed by atoms with Crippen LogP contribution in [0.3, 0.4) is 0 Å². The topological polar surface area (TPSA) is 55.7 Å². The maximum absolute atomic E-state index is 11.4. The Bertz CT molecular complexity index is 240. The highest BCUT2D eigenvalue weighted by Crippen LogP contribution is 2.29. The zero-order valence-corrected chi connectivity index (χ0v) is 8.36. The van der Waals surface area contributed by atoms with Crippen molar-refractivity contribution in [1.82, 2.24) is 0 Å². The molecule has 0 spiro atoms. The Morgan fingerprint density at radius 2 is 2.21 bits per heavy atom. The molecule has 1 fully saturated rings. The summed E-state index contributed by atoms with van der Waals surface area (Å²) in [6.07, 6.45) is 5.58. The highest BCUT2D eigenvalue weighted by molar-refractivity contribution is 5.77. The second-order valence-corrected chi connectivity index (χ2v) is 3.46. The van der Waals surface area contributed by atoms with Crippen LogP contribution < -0.4 is 0 Å². The van der Waals surface area contributed by atoms with E-state index in [1.54, 1.807) is 6.92 Å². The van der Waals surface area contributed by atoms with Crippen LogP contribution in [0.25, 0.3) is 0 Å². The summed E-state index contributed by atoms with van der Waals surface area (Å²) in [6, 6.07) is -0.616. The molecule has 0 aliphatic heterocycles. The lowest BCUT2D eigenvalue weighted by Gasteiger charge is -2.15. The van der Waals surface area contributed by atoms with Gasteiger partial charge >= 0.3 is 5.97 Å². The van der Waals surface area contributed by atoms with E-state index in [1.165, 1.54) is 6.08 Å². The number of carbonyl (C=O) groups excluding carboxylic acids is 2. The summed E-state index contributed by atoms with van der Waals surface area (Å²) < 4.78 is 4.86. The maximum atomic E-state index is 11.4. The fourth-order valence-electron chi connectivity index (χ4n) is 1.91. The number of esters is 1. The van der Waals surface area contributed by atoms with Gasteiger partial charge in [-0.25, -0.2) is 9.59 Å². The highest BCUT2D eigenvalue weighted by atomic mass is 16.5. The molecule has 4 heteroatoms. The fraction of sp³-hybridized carbons (Fsp3) is 0.800. The number of hydrogen-bond acceptors (Lipinski definition) is 4. The summed E-state index contributed by atoms with van der Waals surface area (Å²) in [5, 5.41) is 0. The molecule has 1 aliphatic rings. The molecular weight excluding hydrogens is 182 g/mol. The predicted molar refractivity (Wildman–Crippen MR) is 50.5 cm³/mol. The van der Waals surface area contributed by atoms with E-state index in [2.05, 4.69) is 4.99 Å². The molecule has 78 valence electrons. The Kier molecular flexibility index (Phi) is 4.33. The fourth-order valence-corrected chi connectivity index (χ4v) is 1.91. The van der Waals surface area contributed by atoms with Gasteiger partial charge in [0.25, 0.3) is 0 Å². The molecule has 4 nitrogen and oxygen atoms in total. The van der Waals surface area contributed by atoms with E-state index in [0.29, 0.717) is 6.61 Å². The molecule has 1 aliphatic carbocycles. The lowest BCUT2D eigenvalue weighted by atomic mass is 9.99. The SMILES string of the molecule is CCOC(=O)C(N=C=O)C1CCCC1. The van der Waals surface area contributed by atoms with Gasteiger partial charge in [0, 0.05) is 0 Å². The molecule has 0 N–H and O–H groups in total. The molecule has 1 saturated carbocycles. The third-order valence-electron chi connectivity index (χ3n) is 2.57. The van der Waals surface area contributed by atoms with Crippen LogP contribution in [0.2, 0.25) is 0 Å². The van der Waals surface area contributed by atoms with Crippen molar-refractivity contribution in [3.05, 3.63) is 0 Å². The largest absolute Gasteiger partial charge is 0.464 e. The van der Waals surface area contributed by atoms with Crippen molar-refractivity contribution in [2.24, 2.45) is 10.9 Å². The summed E-state index contributed by atoms with van der Waals surface area (Å²) in [5.74, 6) is -0.210. The maximum Gasteiger partial charge on any atom is 0.332 e. The van der Waals surface area contributed by atoms with E-state index >= 15 is 0 Å². The molecule has 0 bridgehead atoms. The smallest absolute Gasteiger partial charge is 0.332 e. The first-order valence-corrected chi connectivity index (χ1v) is 5.03. The molecular formula is C10H15NO3. The van der Waals surface area contributed by atoms with Crippen molar-refractivity contribution >= 4 is 12.0 Å². The predicted octanol–water partition coefficient (Wildman–Crippen LogP) is 1.44. The Morgan fingerprint density at radius 1 is 1.57 bits per heavy atom. The Balaban J connectivity index is 2.61. The molecule has 1 rings (SSSR count). The molecule has 0 radical (unpaired) electrons. The van der Waals surface area contributed by atoms with Crippen molar-refractivity contribution in [2.75, 3.05) is 6.61 Å².